The Kier molecular flexibility index (Phi) is 15.0. The van der Waals surface area contributed by atoms with Crippen molar-refractivity contribution < 1.29 is 29.3 Å². The number of hydrogen-bond acceptors (Lipinski definition) is 15. The monoisotopic (exact) mass is 1180 g/mol. The Bertz CT molecular complexity index is 3940. The second kappa shape index (κ2) is 22.7. The summed E-state index contributed by atoms with van der Waals surface area (Å²) in [5.74, 6) is -0.158. The molecule has 2 aliphatic carbocycles. The van der Waals surface area contributed by atoms with E-state index < -0.39 is 0 Å². The first kappa shape index (κ1) is 58.2. The average Bonchev–Trinajstić information content (AvgIpc) is 1.72. The van der Waals surface area contributed by atoms with E-state index in [1.165, 1.54) is 14.2 Å². The number of nitrogens with one attached hydrogen (secondary N) is 2. The molecule has 10 heterocycles. The van der Waals surface area contributed by atoms with Crippen molar-refractivity contribution in [2.45, 2.75) is 127 Å². The molecule has 0 radical (unpaired) electrons. The molecule has 450 valence electrons. The number of ether oxygens (including phenoxy) is 2. The van der Waals surface area contributed by atoms with Gasteiger partial charge in [0.25, 0.3) is 0 Å². The van der Waals surface area contributed by atoms with Crippen molar-refractivity contribution in [3.8, 4) is 0 Å². The molecular formula is C73H77N9O6. The lowest BCUT2D eigenvalue weighted by Crippen LogP contribution is -2.29. The van der Waals surface area contributed by atoms with Crippen LogP contribution in [0.5, 0.6) is 0 Å². The van der Waals surface area contributed by atoms with E-state index in [0.717, 1.165) is 188 Å². The molecule has 0 aromatic heterocycles. The normalized spacial score (nSPS) is 24.4. The molecule has 10 aliphatic heterocycles. The van der Waals surface area contributed by atoms with Crippen molar-refractivity contribution >= 4 is 46.2 Å². The molecule has 2 saturated heterocycles. The maximum atomic E-state index is 12.8. The van der Waals surface area contributed by atoms with Gasteiger partial charge < -0.3 is 30.3 Å². The summed E-state index contributed by atoms with van der Waals surface area (Å²) in [5.41, 5.74) is 28.9. The van der Waals surface area contributed by atoms with Crippen LogP contribution in [0.1, 0.15) is 126 Å². The zero-order chi connectivity index (χ0) is 61.7. The smallest absolute Gasteiger partial charge is 0.305 e. The molecule has 0 amide bonds. The summed E-state index contributed by atoms with van der Waals surface area (Å²) in [5, 5.41) is 31.1. The number of carbonyl (C=O) groups is 2. The number of hydrogen-bond donors (Lipinski definition) is 4. The van der Waals surface area contributed by atoms with Crippen LogP contribution in [-0.2, 0) is 25.6 Å². The van der Waals surface area contributed by atoms with E-state index in [2.05, 4.69) is 138 Å². The number of methoxy groups -OCH3 is 2. The quantitative estimate of drug-likeness (QED) is 0.131. The fourth-order valence-corrected chi connectivity index (χ4v) is 14.9. The highest BCUT2D eigenvalue weighted by molar-refractivity contribution is 6.23. The van der Waals surface area contributed by atoms with Crippen molar-refractivity contribution in [2.75, 3.05) is 27.3 Å². The van der Waals surface area contributed by atoms with E-state index in [1.54, 1.807) is 0 Å². The van der Waals surface area contributed by atoms with Gasteiger partial charge in [-0.3, -0.25) is 14.5 Å². The van der Waals surface area contributed by atoms with E-state index in [1.807, 2.05) is 13.8 Å². The predicted molar refractivity (Wildman–Crippen MR) is 348 cm³/mol. The maximum absolute atomic E-state index is 12.8. The first-order valence-corrected chi connectivity index (χ1v) is 31.2. The molecule has 88 heavy (non-hydrogen) atoms. The molecule has 1 aromatic carbocycles. The highest BCUT2D eigenvalue weighted by atomic mass is 16.5. The number of aliphatic hydroxyl groups excluding tert-OH is 2. The van der Waals surface area contributed by atoms with Crippen LogP contribution in [0.25, 0.3) is 0 Å². The first-order chi connectivity index (χ1) is 42.4. The number of nitrogens with zero attached hydrogens (tertiary/aromatic N) is 7. The number of benzene rings is 1. The lowest BCUT2D eigenvalue weighted by atomic mass is 9.86. The molecule has 4 atom stereocenters. The molecule has 0 unspecified atom stereocenters. The molecular weight excluding hydrogens is 1100 g/mol. The lowest BCUT2D eigenvalue weighted by molar-refractivity contribution is -0.141. The molecule has 0 saturated carbocycles. The number of esters is 2. The average molecular weight is 1180 g/mol. The van der Waals surface area contributed by atoms with Gasteiger partial charge in [-0.25, -0.2) is 30.0 Å². The third-order valence-corrected chi connectivity index (χ3v) is 20.2. The predicted octanol–water partition coefficient (Wildman–Crippen LogP) is 13.7. The van der Waals surface area contributed by atoms with Gasteiger partial charge in [0.2, 0.25) is 0 Å². The van der Waals surface area contributed by atoms with E-state index >= 15 is 0 Å². The molecule has 13 rings (SSSR count). The van der Waals surface area contributed by atoms with Crippen molar-refractivity contribution in [1.29, 1.82) is 0 Å². The largest absolute Gasteiger partial charge is 0.511 e. The van der Waals surface area contributed by atoms with Gasteiger partial charge in [0, 0.05) is 114 Å². The molecule has 15 heteroatoms. The number of aliphatic imine (C=N–C) groups is 6. The number of carbonyl (C=O) groups excluding carboxylic acids is 2. The van der Waals surface area contributed by atoms with Gasteiger partial charge in [0.1, 0.15) is 11.5 Å². The Balaban J connectivity index is 0.944. The fraction of sp³-hybridized carbons (Fsp3) is 0.370. The summed E-state index contributed by atoms with van der Waals surface area (Å²) >= 11 is 0. The minimum Gasteiger partial charge on any atom is -0.511 e. The maximum Gasteiger partial charge on any atom is 0.305 e. The van der Waals surface area contributed by atoms with Gasteiger partial charge in [-0.15, -0.1) is 0 Å². The number of allylic oxidation sites excluding steroid dienone is 22. The number of rotatable bonds is 14. The third-order valence-electron chi connectivity index (χ3n) is 20.2. The topological polar surface area (TPSA) is 195 Å². The minimum absolute atomic E-state index is 0.0321. The highest BCUT2D eigenvalue weighted by Gasteiger charge is 2.44. The van der Waals surface area contributed by atoms with Crippen LogP contribution >= 0.6 is 0 Å². The van der Waals surface area contributed by atoms with Gasteiger partial charge in [0.05, 0.1) is 82.7 Å². The zero-order valence-electron chi connectivity index (χ0n) is 52.6. The van der Waals surface area contributed by atoms with Crippen LogP contribution in [-0.4, -0.2) is 88.6 Å². The fourth-order valence-electron chi connectivity index (χ4n) is 14.9. The molecule has 4 N–H and O–H groups in total. The van der Waals surface area contributed by atoms with Gasteiger partial charge in [-0.05, 0) is 165 Å². The molecule has 16 bridgehead atoms. The van der Waals surface area contributed by atoms with Crippen molar-refractivity contribution in [1.82, 2.24) is 15.5 Å². The zero-order valence-corrected chi connectivity index (χ0v) is 52.6. The Morgan fingerprint density at radius 1 is 0.523 bits per heavy atom. The Morgan fingerprint density at radius 2 is 0.909 bits per heavy atom. The summed E-state index contributed by atoms with van der Waals surface area (Å²) in [6.07, 6.45) is 16.7. The van der Waals surface area contributed by atoms with Crippen LogP contribution in [0.4, 0.5) is 0 Å². The summed E-state index contributed by atoms with van der Waals surface area (Å²) in [6, 6.07) is 10.6. The van der Waals surface area contributed by atoms with Crippen LogP contribution in [0, 0.1) is 23.7 Å². The van der Waals surface area contributed by atoms with E-state index in [-0.39, 0.29) is 48.5 Å². The highest BCUT2D eigenvalue weighted by Crippen LogP contribution is 2.49. The molecule has 1 aromatic rings. The van der Waals surface area contributed by atoms with E-state index in [9.17, 15) is 19.8 Å². The summed E-state index contributed by atoms with van der Waals surface area (Å²) in [6.45, 7) is 23.2. The van der Waals surface area contributed by atoms with Crippen molar-refractivity contribution in [2.24, 2.45) is 53.6 Å². The molecule has 2 fully saturated rings. The van der Waals surface area contributed by atoms with Crippen LogP contribution < -0.4 is 10.6 Å². The van der Waals surface area contributed by atoms with Gasteiger partial charge >= 0.3 is 11.9 Å². The summed E-state index contributed by atoms with van der Waals surface area (Å²) in [4.78, 5) is 60.6. The Hall–Kier alpha value is -8.82. The minimum atomic E-state index is -0.264. The van der Waals surface area contributed by atoms with Crippen molar-refractivity contribution in [3.05, 3.63) is 219 Å². The van der Waals surface area contributed by atoms with Crippen molar-refractivity contribution in [3.63, 3.8) is 0 Å². The second-order valence-corrected chi connectivity index (χ2v) is 25.1. The Morgan fingerprint density at radius 3 is 1.31 bits per heavy atom. The second-order valence-electron chi connectivity index (χ2n) is 25.1. The first-order valence-electron chi connectivity index (χ1n) is 31.2. The van der Waals surface area contributed by atoms with Crippen LogP contribution in [0.3, 0.4) is 0 Å². The number of fused-ring (bicyclic) bond motifs is 10. The van der Waals surface area contributed by atoms with Crippen LogP contribution in [0.2, 0.25) is 0 Å². The molecule has 0 spiro atoms. The number of aliphatic hydroxyl groups is 2. The third kappa shape index (κ3) is 9.86. The van der Waals surface area contributed by atoms with Gasteiger partial charge in [-0.2, -0.15) is 0 Å². The van der Waals surface area contributed by atoms with Crippen LogP contribution in [0.15, 0.2) is 243 Å². The molecule has 15 nitrogen and oxygen atoms in total. The van der Waals surface area contributed by atoms with Gasteiger partial charge in [0.15, 0.2) is 0 Å². The van der Waals surface area contributed by atoms with E-state index in [0.29, 0.717) is 56.8 Å². The standard InChI is InChI=1S/C73H77N9O6/c1-13-44-35(3)54-28-62-50(39(7)52(76-62)26-56-37(5)46(20-22-66(85)87-11)70(78-56)48-24-64(83)68-41(9)58(80-72(48)68)30-60(44)74-54)33-82(32-43-18-16-15-17-19-43)34-51-40(8)53-27-57-38(6)47(21-23-67(86)88-12)71(79-57)49-25-65(84)69-42(10)59(81-73(49)69)31-61-45(14-2)36(4)55(75-61)29-63(51)77-53/h15-19,26-31,37-38,46-47,78-79,83-84H,13-14,20-25,32-34H2,1-12H3/t37-,38-,46-,47-/m0/s1. The molecule has 12 aliphatic rings. The van der Waals surface area contributed by atoms with Gasteiger partial charge in [-0.1, -0.05) is 58.0 Å². The Labute approximate surface area is 515 Å². The van der Waals surface area contributed by atoms with E-state index in [4.69, 9.17) is 39.4 Å². The SMILES string of the molecule is CCC1=C(C)C2=NC1=CC1=C(C)C3=C(O)CC(=C4NC(=CC5=NC(=C2)C(CN(CC2=C(C)C6=NC2=CC2=NC(=CC7=C(C)C8=C(O)CC(=C9NC(=C6)[C@@H](C)[C@@H]9CCC(=O)OC)C8=N7)C(CC)=C2C)Cc2ccccc2)=C5C)[C@@H](C)[C@@H]4CCC(=O)OC)C3=N1. The lowest BCUT2D eigenvalue weighted by Gasteiger charge is -2.25. The summed E-state index contributed by atoms with van der Waals surface area (Å²) < 4.78 is 10.3. The summed E-state index contributed by atoms with van der Waals surface area (Å²) in [7, 11) is 2.87.